The van der Waals surface area contributed by atoms with Crippen LogP contribution in [-0.4, -0.2) is 23.9 Å². The number of nitrogens with one attached hydrogen (secondary N) is 3. The molecular weight excluding hydrogens is 382 g/mol. The predicted octanol–water partition coefficient (Wildman–Crippen LogP) is 2.53. The highest BCUT2D eigenvalue weighted by atomic mass is 19.1. The van der Waals surface area contributed by atoms with Crippen molar-refractivity contribution in [1.29, 1.82) is 0 Å². The summed E-state index contributed by atoms with van der Waals surface area (Å²) in [5, 5.41) is 7.48. The molecule has 0 aliphatic rings. The molecule has 0 saturated heterocycles. The van der Waals surface area contributed by atoms with Gasteiger partial charge in [-0.25, -0.2) is 13.6 Å². The Balaban J connectivity index is 2.02. The number of urea groups is 1. The van der Waals surface area contributed by atoms with Crippen LogP contribution < -0.4 is 21.7 Å². The maximum atomic E-state index is 13.8. The minimum Gasteiger partial charge on any atom is -0.351 e. The van der Waals surface area contributed by atoms with E-state index in [1.54, 1.807) is 38.1 Å². The van der Waals surface area contributed by atoms with Gasteiger partial charge in [0.05, 0.1) is 0 Å². The first-order chi connectivity index (χ1) is 13.7. The van der Waals surface area contributed by atoms with Crippen LogP contribution in [0.1, 0.15) is 29.8 Å². The van der Waals surface area contributed by atoms with Gasteiger partial charge in [-0.15, -0.1) is 0 Å². The summed E-state index contributed by atoms with van der Waals surface area (Å²) in [7, 11) is 0. The number of benzene rings is 2. The van der Waals surface area contributed by atoms with Crippen LogP contribution in [0.15, 0.2) is 42.5 Å². The van der Waals surface area contributed by atoms with E-state index < -0.39 is 41.1 Å². The summed E-state index contributed by atoms with van der Waals surface area (Å²) < 4.78 is 27.6. The number of carbonyl (C=O) groups is 3. The quantitative estimate of drug-likeness (QED) is 0.569. The first-order valence-corrected chi connectivity index (χ1v) is 8.87. The van der Waals surface area contributed by atoms with E-state index >= 15 is 0 Å². The fourth-order valence-electron chi connectivity index (χ4n) is 2.61. The normalized spacial score (nSPS) is 11.6. The number of hydrogen-bond donors (Lipinski definition) is 4. The van der Waals surface area contributed by atoms with Crippen LogP contribution in [0.25, 0.3) is 0 Å². The Labute approximate surface area is 166 Å². The second-order valence-electron chi connectivity index (χ2n) is 6.70. The third-order valence-electron chi connectivity index (χ3n) is 4.11. The molecule has 2 aromatic rings. The van der Waals surface area contributed by atoms with Gasteiger partial charge in [0.2, 0.25) is 5.91 Å². The number of rotatable bonds is 7. The van der Waals surface area contributed by atoms with Crippen LogP contribution >= 0.6 is 0 Å². The van der Waals surface area contributed by atoms with Gasteiger partial charge in [-0.05, 0) is 35.7 Å². The maximum Gasteiger partial charge on any atom is 0.316 e. The molecule has 0 radical (unpaired) electrons. The van der Waals surface area contributed by atoms with Crippen LogP contribution in [0.5, 0.6) is 0 Å². The maximum absolute atomic E-state index is 13.8. The standard InChI is InChI=1S/C20H22F2N4O3/c1-11(2)17(26-18(27)16-14(21)4-3-5-15(16)22)19(28)24-10-12-6-8-13(9-7-12)25-20(23)29/h3-9,11,17H,10H2,1-2H3,(H,24,28)(H,26,27)(H3,23,25,29). The van der Waals surface area contributed by atoms with E-state index in [2.05, 4.69) is 16.0 Å². The Morgan fingerprint density at radius 3 is 2.10 bits per heavy atom. The number of anilines is 1. The summed E-state index contributed by atoms with van der Waals surface area (Å²) in [5.74, 6) is -3.83. The molecule has 0 heterocycles. The Bertz CT molecular complexity index is 881. The van der Waals surface area contributed by atoms with E-state index in [0.29, 0.717) is 5.69 Å². The Kier molecular flexibility index (Phi) is 7.24. The van der Waals surface area contributed by atoms with E-state index in [1.807, 2.05) is 0 Å². The van der Waals surface area contributed by atoms with Crippen molar-refractivity contribution in [2.45, 2.75) is 26.4 Å². The van der Waals surface area contributed by atoms with Crippen LogP contribution in [0, 0.1) is 17.6 Å². The van der Waals surface area contributed by atoms with Crippen LogP contribution in [-0.2, 0) is 11.3 Å². The van der Waals surface area contributed by atoms with Gasteiger partial charge in [0.1, 0.15) is 23.2 Å². The van der Waals surface area contributed by atoms with Crippen molar-refractivity contribution < 1.29 is 23.2 Å². The van der Waals surface area contributed by atoms with Crippen LogP contribution in [0.4, 0.5) is 19.3 Å². The molecule has 29 heavy (non-hydrogen) atoms. The Hall–Kier alpha value is -3.49. The highest BCUT2D eigenvalue weighted by Crippen LogP contribution is 2.14. The molecule has 0 aliphatic carbocycles. The molecule has 9 heteroatoms. The van der Waals surface area contributed by atoms with Crippen molar-refractivity contribution in [3.05, 3.63) is 65.2 Å². The van der Waals surface area contributed by atoms with E-state index in [1.165, 1.54) is 0 Å². The molecule has 154 valence electrons. The van der Waals surface area contributed by atoms with Crippen LogP contribution in [0.2, 0.25) is 0 Å². The monoisotopic (exact) mass is 404 g/mol. The second-order valence-corrected chi connectivity index (χ2v) is 6.70. The van der Waals surface area contributed by atoms with Gasteiger partial charge in [0.25, 0.3) is 5.91 Å². The number of primary amides is 1. The lowest BCUT2D eigenvalue weighted by molar-refractivity contribution is -0.124. The number of hydrogen-bond acceptors (Lipinski definition) is 3. The summed E-state index contributed by atoms with van der Waals surface area (Å²) >= 11 is 0. The number of nitrogens with two attached hydrogens (primary N) is 1. The minimum atomic E-state index is -1.00. The van der Waals surface area contributed by atoms with E-state index in [4.69, 9.17) is 5.73 Å². The van der Waals surface area contributed by atoms with Crippen molar-refractivity contribution in [3.8, 4) is 0 Å². The average Bonchev–Trinajstić information content (AvgIpc) is 2.64. The highest BCUT2D eigenvalue weighted by Gasteiger charge is 2.27. The molecule has 4 amide bonds. The summed E-state index contributed by atoms with van der Waals surface area (Å²) in [6.07, 6.45) is 0. The average molecular weight is 404 g/mol. The van der Waals surface area contributed by atoms with Gasteiger partial charge in [-0.3, -0.25) is 9.59 Å². The Morgan fingerprint density at radius 2 is 1.59 bits per heavy atom. The SMILES string of the molecule is CC(C)C(NC(=O)c1c(F)cccc1F)C(=O)NCc1ccc(NC(N)=O)cc1. The Morgan fingerprint density at radius 1 is 1.00 bits per heavy atom. The highest BCUT2D eigenvalue weighted by molar-refractivity contribution is 5.98. The summed E-state index contributed by atoms with van der Waals surface area (Å²) in [6.45, 7) is 3.56. The van der Waals surface area contributed by atoms with Crippen molar-refractivity contribution in [1.82, 2.24) is 10.6 Å². The zero-order chi connectivity index (χ0) is 21.6. The zero-order valence-corrected chi connectivity index (χ0v) is 16.0. The molecule has 1 atom stereocenters. The summed E-state index contributed by atoms with van der Waals surface area (Å²) in [4.78, 5) is 35.6. The predicted molar refractivity (Wildman–Crippen MR) is 104 cm³/mol. The van der Waals surface area contributed by atoms with Gasteiger partial charge in [0, 0.05) is 12.2 Å². The summed E-state index contributed by atoms with van der Waals surface area (Å²) in [5.41, 5.74) is 5.55. The first-order valence-electron chi connectivity index (χ1n) is 8.87. The third-order valence-corrected chi connectivity index (χ3v) is 4.11. The molecular formula is C20H22F2N4O3. The molecule has 2 rings (SSSR count). The van der Waals surface area contributed by atoms with Crippen molar-refractivity contribution in [2.24, 2.45) is 11.7 Å². The van der Waals surface area contributed by atoms with Gasteiger partial charge in [0.15, 0.2) is 0 Å². The first kappa shape index (κ1) is 21.8. The fourth-order valence-corrected chi connectivity index (χ4v) is 2.61. The molecule has 1 unspecified atom stereocenters. The number of halogens is 2. The number of amides is 4. The molecule has 0 saturated carbocycles. The topological polar surface area (TPSA) is 113 Å². The third kappa shape index (κ3) is 6.00. The van der Waals surface area contributed by atoms with E-state index in [-0.39, 0.29) is 12.5 Å². The lowest BCUT2D eigenvalue weighted by Crippen LogP contribution is -2.49. The van der Waals surface area contributed by atoms with Crippen molar-refractivity contribution in [2.75, 3.05) is 5.32 Å². The lowest BCUT2D eigenvalue weighted by atomic mass is 10.0. The fraction of sp³-hybridized carbons (Fsp3) is 0.250. The van der Waals surface area contributed by atoms with E-state index in [0.717, 1.165) is 23.8 Å². The molecule has 7 nitrogen and oxygen atoms in total. The van der Waals surface area contributed by atoms with Gasteiger partial charge in [-0.2, -0.15) is 0 Å². The van der Waals surface area contributed by atoms with Gasteiger partial charge in [-0.1, -0.05) is 32.0 Å². The minimum absolute atomic E-state index is 0.156. The smallest absolute Gasteiger partial charge is 0.316 e. The molecule has 0 fully saturated rings. The molecule has 0 bridgehead atoms. The lowest BCUT2D eigenvalue weighted by Gasteiger charge is -2.22. The zero-order valence-electron chi connectivity index (χ0n) is 16.0. The molecule has 5 N–H and O–H groups in total. The molecule has 0 aliphatic heterocycles. The number of carbonyl (C=O) groups excluding carboxylic acids is 3. The molecule has 0 spiro atoms. The van der Waals surface area contributed by atoms with Crippen molar-refractivity contribution in [3.63, 3.8) is 0 Å². The largest absolute Gasteiger partial charge is 0.351 e. The second kappa shape index (κ2) is 9.63. The van der Waals surface area contributed by atoms with Gasteiger partial charge >= 0.3 is 6.03 Å². The molecule has 2 aromatic carbocycles. The van der Waals surface area contributed by atoms with Crippen molar-refractivity contribution >= 4 is 23.5 Å². The van der Waals surface area contributed by atoms with E-state index in [9.17, 15) is 23.2 Å². The van der Waals surface area contributed by atoms with Gasteiger partial charge < -0.3 is 21.7 Å². The van der Waals surface area contributed by atoms with Crippen LogP contribution in [0.3, 0.4) is 0 Å². The molecule has 0 aromatic heterocycles. The summed E-state index contributed by atoms with van der Waals surface area (Å²) in [6, 6.07) is 8.03.